The fourth-order valence-electron chi connectivity index (χ4n) is 6.05. The Morgan fingerprint density at radius 2 is 1.49 bits per heavy atom. The number of hydrogen-bond donors (Lipinski definition) is 0. The number of allylic oxidation sites excluding steroid dienone is 2. The molecule has 11 heteroatoms. The largest absolute Gasteiger partial charge is 0.416 e. The van der Waals surface area contributed by atoms with Crippen LogP contribution in [0.2, 0.25) is 0 Å². The fraction of sp³-hybridized carbons (Fsp3) is 0.283. The molecule has 302 valence electrons. The Hall–Kier alpha value is -5.68. The van der Waals surface area contributed by atoms with Gasteiger partial charge < -0.3 is 9.80 Å². The molecule has 2 heterocycles. The van der Waals surface area contributed by atoms with Crippen LogP contribution in [0, 0.1) is 11.6 Å². The molecule has 1 aliphatic heterocycles. The van der Waals surface area contributed by atoms with Gasteiger partial charge in [-0.3, -0.25) is 19.5 Å². The number of piperazine rings is 1. The van der Waals surface area contributed by atoms with Gasteiger partial charge in [0.15, 0.2) is 11.6 Å². The molecule has 5 rings (SSSR count). The lowest BCUT2D eigenvalue weighted by Gasteiger charge is -2.39. The number of rotatable bonds is 13. The van der Waals surface area contributed by atoms with Crippen molar-refractivity contribution >= 4 is 17.9 Å². The fourth-order valence-corrected chi connectivity index (χ4v) is 6.05. The van der Waals surface area contributed by atoms with Crippen LogP contribution >= 0.6 is 0 Å². The lowest BCUT2D eigenvalue weighted by Crippen LogP contribution is -2.56. The first-order chi connectivity index (χ1) is 27.4. The summed E-state index contributed by atoms with van der Waals surface area (Å²) in [6.07, 6.45) is 4.93. The normalized spacial score (nSPS) is 13.8. The summed E-state index contributed by atoms with van der Waals surface area (Å²) in [7, 11) is 0. The second kappa shape index (κ2) is 22.8. The van der Waals surface area contributed by atoms with Crippen molar-refractivity contribution in [1.29, 1.82) is 0 Å². The average Bonchev–Trinajstić information content (AvgIpc) is 3.24. The van der Waals surface area contributed by atoms with Crippen LogP contribution < -0.4 is 0 Å². The molecule has 1 saturated heterocycles. The number of benzene rings is 3. The minimum Gasteiger partial charge on any atom is -0.338 e. The molecule has 4 aromatic rings. The lowest BCUT2D eigenvalue weighted by atomic mass is 10.0. The number of carbonyl (C=O) groups excluding carboxylic acids is 2. The maximum absolute atomic E-state index is 14.5. The van der Waals surface area contributed by atoms with Gasteiger partial charge in [-0.05, 0) is 64.7 Å². The van der Waals surface area contributed by atoms with E-state index in [4.69, 9.17) is 0 Å². The average molecular weight is 787 g/mol. The highest BCUT2D eigenvalue weighted by atomic mass is 19.4. The van der Waals surface area contributed by atoms with E-state index in [0.717, 1.165) is 41.1 Å². The van der Waals surface area contributed by atoms with Crippen LogP contribution in [-0.4, -0.2) is 70.3 Å². The molecule has 0 spiro atoms. The van der Waals surface area contributed by atoms with Gasteiger partial charge in [-0.15, -0.1) is 0 Å². The number of hydrogen-bond acceptors (Lipinski definition) is 4. The number of amides is 2. The molecule has 1 aliphatic rings. The van der Waals surface area contributed by atoms with Gasteiger partial charge in [0.05, 0.1) is 11.3 Å². The summed E-state index contributed by atoms with van der Waals surface area (Å²) in [6, 6.07) is 19.4. The third-order valence-electron chi connectivity index (χ3n) is 8.97. The van der Waals surface area contributed by atoms with Crippen LogP contribution in [0.15, 0.2) is 134 Å². The van der Waals surface area contributed by atoms with Gasteiger partial charge in [0.1, 0.15) is 6.04 Å². The number of nitrogens with zero attached hydrogens (tertiary/aromatic N) is 4. The first kappa shape index (κ1) is 45.7. The van der Waals surface area contributed by atoms with Crippen LogP contribution in [0.3, 0.4) is 0 Å². The van der Waals surface area contributed by atoms with E-state index in [1.54, 1.807) is 23.2 Å². The number of pyridine rings is 1. The summed E-state index contributed by atoms with van der Waals surface area (Å²) in [5, 5.41) is 0. The van der Waals surface area contributed by atoms with Crippen LogP contribution in [0.25, 0.3) is 17.3 Å². The van der Waals surface area contributed by atoms with E-state index in [9.17, 15) is 31.5 Å². The van der Waals surface area contributed by atoms with Crippen LogP contribution in [0.5, 0.6) is 0 Å². The van der Waals surface area contributed by atoms with Crippen LogP contribution in [0.4, 0.5) is 22.0 Å². The Bertz CT molecular complexity index is 1950. The smallest absolute Gasteiger partial charge is 0.338 e. The van der Waals surface area contributed by atoms with Gasteiger partial charge in [0, 0.05) is 63.5 Å². The van der Waals surface area contributed by atoms with Crippen molar-refractivity contribution in [2.45, 2.75) is 52.9 Å². The summed E-state index contributed by atoms with van der Waals surface area (Å²) in [5.74, 6) is -3.10. The van der Waals surface area contributed by atoms with Crippen LogP contribution in [0.1, 0.15) is 49.9 Å². The highest BCUT2D eigenvalue weighted by molar-refractivity contribution is 5.95. The maximum atomic E-state index is 14.5. The summed E-state index contributed by atoms with van der Waals surface area (Å²) in [4.78, 5) is 38.2. The van der Waals surface area contributed by atoms with E-state index in [1.165, 1.54) is 35.3 Å². The molecule has 0 N–H and O–H groups in total. The van der Waals surface area contributed by atoms with Crippen molar-refractivity contribution < 1.29 is 31.5 Å². The Morgan fingerprint density at radius 1 is 0.842 bits per heavy atom. The van der Waals surface area contributed by atoms with Gasteiger partial charge in [-0.25, -0.2) is 8.78 Å². The Kier molecular flexibility index (Phi) is 18.3. The van der Waals surface area contributed by atoms with Crippen molar-refractivity contribution in [3.63, 3.8) is 0 Å². The third kappa shape index (κ3) is 13.5. The molecule has 0 unspecified atom stereocenters. The van der Waals surface area contributed by atoms with Gasteiger partial charge in [0.2, 0.25) is 11.8 Å². The zero-order valence-electron chi connectivity index (χ0n) is 33.0. The summed E-state index contributed by atoms with van der Waals surface area (Å²) in [6.45, 7) is 18.0. The van der Waals surface area contributed by atoms with E-state index < -0.39 is 35.3 Å². The highest BCUT2D eigenvalue weighted by Crippen LogP contribution is 2.29. The molecule has 57 heavy (non-hydrogen) atoms. The Balaban J connectivity index is 0.00000211. The monoisotopic (exact) mass is 786 g/mol. The van der Waals surface area contributed by atoms with Crippen molar-refractivity contribution in [2.75, 3.05) is 32.7 Å². The minimum absolute atomic E-state index is 0.0340. The van der Waals surface area contributed by atoms with E-state index in [0.29, 0.717) is 49.4 Å². The number of aromatic nitrogens is 1. The zero-order chi connectivity index (χ0) is 42.0. The second-order valence-electron chi connectivity index (χ2n) is 12.6. The number of halogens is 5. The second-order valence-corrected chi connectivity index (χ2v) is 12.6. The zero-order valence-corrected chi connectivity index (χ0v) is 33.0. The first-order valence-electron chi connectivity index (χ1n) is 19.0. The van der Waals surface area contributed by atoms with Gasteiger partial charge in [-0.1, -0.05) is 108 Å². The highest BCUT2D eigenvalue weighted by Gasteiger charge is 2.34. The van der Waals surface area contributed by atoms with Crippen LogP contribution in [-0.2, 0) is 28.7 Å². The molecule has 1 fully saturated rings. The molecular formula is C46H51F5N4O2. The molecule has 6 nitrogen and oxygen atoms in total. The third-order valence-corrected chi connectivity index (χ3v) is 8.97. The van der Waals surface area contributed by atoms with E-state index in [1.807, 2.05) is 76.2 Å². The minimum atomic E-state index is -4.52. The molecule has 0 bridgehead atoms. The molecule has 1 aromatic heterocycles. The Labute approximate surface area is 333 Å². The molecule has 0 saturated carbocycles. The van der Waals surface area contributed by atoms with Crippen molar-refractivity contribution in [1.82, 2.24) is 19.7 Å². The topological polar surface area (TPSA) is 56.8 Å². The molecular weight excluding hydrogens is 736 g/mol. The number of carbonyl (C=O) groups is 2. The Morgan fingerprint density at radius 3 is 2.05 bits per heavy atom. The van der Waals surface area contributed by atoms with E-state index >= 15 is 0 Å². The molecule has 0 radical (unpaired) electrons. The number of alkyl halides is 3. The molecule has 2 amide bonds. The quantitative estimate of drug-likeness (QED) is 0.0770. The SMILES string of the molecule is C=C/C=C(\C=C)CN1CCN(C(=O)[C@H](Cc2ccc(F)c(F)c2)N(Cc2ccc(-c3ccccn3)cc2)C(=O)/C=C/c2ccc(C(F)(F)F)cc2)CC1.CC.CC. The first-order valence-corrected chi connectivity index (χ1v) is 19.0. The van der Waals surface area contributed by atoms with E-state index in [-0.39, 0.29) is 18.9 Å². The van der Waals surface area contributed by atoms with Gasteiger partial charge in [-0.2, -0.15) is 13.2 Å². The summed E-state index contributed by atoms with van der Waals surface area (Å²) < 4.78 is 67.9. The van der Waals surface area contributed by atoms with Gasteiger partial charge in [0.25, 0.3) is 0 Å². The maximum Gasteiger partial charge on any atom is 0.416 e. The molecule has 1 atom stereocenters. The van der Waals surface area contributed by atoms with Crippen molar-refractivity contribution in [2.24, 2.45) is 0 Å². The summed E-state index contributed by atoms with van der Waals surface area (Å²) in [5.41, 5.74) is 3.06. The standard InChI is InChI=1S/C42H39F5N4O2.2C2H6/c1-3-7-30(4-2)28-49-22-24-50(25-23-49)41(53)39(27-33-13-19-36(43)37(44)26-33)51(29-32-9-15-34(16-10-32)38-8-5-6-21-48-38)40(52)20-14-31-11-17-35(18-12-31)42(45,46)47;2*1-2/h3-21,26,39H,1-2,22-25,27-29H2;2*1-2H3/b20-14+,30-7+;;/t39-;;/m0../s1. The lowest BCUT2D eigenvalue weighted by molar-refractivity contribution is -0.145. The van der Waals surface area contributed by atoms with E-state index in [2.05, 4.69) is 23.0 Å². The molecule has 3 aromatic carbocycles. The predicted molar refractivity (Wildman–Crippen MR) is 219 cm³/mol. The van der Waals surface area contributed by atoms with Crippen molar-refractivity contribution in [3.8, 4) is 11.3 Å². The predicted octanol–water partition coefficient (Wildman–Crippen LogP) is 10.2. The molecule has 0 aliphatic carbocycles. The van der Waals surface area contributed by atoms with Gasteiger partial charge >= 0.3 is 6.18 Å². The van der Waals surface area contributed by atoms with Crippen molar-refractivity contribution in [3.05, 3.63) is 168 Å². The summed E-state index contributed by atoms with van der Waals surface area (Å²) >= 11 is 0.